The highest BCUT2D eigenvalue weighted by molar-refractivity contribution is 9.09. The van der Waals surface area contributed by atoms with Gasteiger partial charge in [0.2, 0.25) is 0 Å². The molecule has 0 aromatic rings. The highest BCUT2D eigenvalue weighted by atomic mass is 79.9. The summed E-state index contributed by atoms with van der Waals surface area (Å²) in [5.74, 6) is 3.18. The molecule has 1 aliphatic heterocycles. The minimum Gasteiger partial charge on any atom is -0.353 e. The first-order valence-corrected chi connectivity index (χ1v) is 14.6. The molecule has 5 rings (SSSR count). The maximum atomic E-state index is 6.43. The van der Waals surface area contributed by atoms with Gasteiger partial charge < -0.3 is 9.47 Å². The molecule has 2 nitrogen and oxygen atoms in total. The number of hydrogen-bond donors (Lipinski definition) is 0. The van der Waals surface area contributed by atoms with E-state index in [2.05, 4.69) is 55.8 Å². The summed E-state index contributed by atoms with van der Waals surface area (Å²) in [5, 5.41) is 0. The molecule has 3 heteroatoms. The van der Waals surface area contributed by atoms with Crippen LogP contribution in [0.5, 0.6) is 0 Å². The van der Waals surface area contributed by atoms with Gasteiger partial charge in [0.25, 0.3) is 0 Å². The van der Waals surface area contributed by atoms with Crippen molar-refractivity contribution in [2.75, 3.05) is 6.61 Å². The van der Waals surface area contributed by atoms with Crippen molar-refractivity contribution in [2.24, 2.45) is 34.5 Å². The molecule has 3 saturated carbocycles. The van der Waals surface area contributed by atoms with Crippen LogP contribution in [0.25, 0.3) is 0 Å². The van der Waals surface area contributed by atoms with Crippen LogP contribution < -0.4 is 0 Å². The monoisotopic (exact) mass is 504 g/mol. The van der Waals surface area contributed by atoms with E-state index in [0.29, 0.717) is 21.8 Å². The van der Waals surface area contributed by atoms with Gasteiger partial charge in [-0.15, -0.1) is 0 Å². The molecular formula is C29H45BrO2. The standard InChI is InChI=1S/C29H45BrO2/c1-5-26(30)19(2)23-11-12-24-22-10-9-20-18-21(32-27-8-6-7-17-31-27)13-15-28(20,3)25(22)14-16-29(23,24)4/h9-10,19,21,23-27H,5-8,11-18H2,1-4H3/t19-,21-,23+,24-,25-,26?,27?,28-,29+/m0/s1. The highest BCUT2D eigenvalue weighted by Gasteiger charge is 2.57. The van der Waals surface area contributed by atoms with Gasteiger partial charge in [-0.05, 0) is 105 Å². The lowest BCUT2D eigenvalue weighted by atomic mass is 9.50. The van der Waals surface area contributed by atoms with E-state index in [1.54, 1.807) is 5.57 Å². The van der Waals surface area contributed by atoms with E-state index < -0.39 is 0 Å². The SMILES string of the molecule is CCC(Br)[C@@H](C)[C@H]1CC[C@H]2C3=CC=C4C[C@@H](OC5CCCCO5)CC[C@]4(C)[C@H]3CC[C@]12C. The summed E-state index contributed by atoms with van der Waals surface area (Å²) in [6.07, 6.45) is 19.5. The van der Waals surface area contributed by atoms with E-state index in [1.807, 2.05) is 5.57 Å². The summed E-state index contributed by atoms with van der Waals surface area (Å²) in [6, 6.07) is 0. The maximum absolute atomic E-state index is 6.43. The smallest absolute Gasteiger partial charge is 0.157 e. The molecule has 1 saturated heterocycles. The van der Waals surface area contributed by atoms with Crippen LogP contribution in [0.1, 0.15) is 98.3 Å². The number of allylic oxidation sites excluding steroid dienone is 3. The van der Waals surface area contributed by atoms with Crippen molar-refractivity contribution in [3.05, 3.63) is 23.3 Å². The van der Waals surface area contributed by atoms with Crippen molar-refractivity contribution < 1.29 is 9.47 Å². The molecule has 9 atom stereocenters. The minimum absolute atomic E-state index is 0.0441. The third-order valence-electron chi connectivity index (χ3n) is 10.7. The van der Waals surface area contributed by atoms with E-state index in [9.17, 15) is 0 Å². The van der Waals surface area contributed by atoms with Crippen molar-refractivity contribution in [3.8, 4) is 0 Å². The Kier molecular flexibility index (Phi) is 6.76. The van der Waals surface area contributed by atoms with E-state index in [1.165, 1.54) is 57.8 Å². The molecule has 0 N–H and O–H groups in total. The molecule has 32 heavy (non-hydrogen) atoms. The molecule has 2 unspecified atom stereocenters. The van der Waals surface area contributed by atoms with Crippen LogP contribution in [-0.4, -0.2) is 23.8 Å². The first-order chi connectivity index (χ1) is 15.4. The summed E-state index contributed by atoms with van der Waals surface area (Å²) < 4.78 is 12.3. The van der Waals surface area contributed by atoms with E-state index in [4.69, 9.17) is 9.47 Å². The fraction of sp³-hybridized carbons (Fsp3) is 0.862. The molecule has 0 radical (unpaired) electrons. The molecule has 0 amide bonds. The second kappa shape index (κ2) is 9.15. The topological polar surface area (TPSA) is 18.5 Å². The van der Waals surface area contributed by atoms with Crippen LogP contribution in [0.15, 0.2) is 23.3 Å². The lowest BCUT2D eigenvalue weighted by Gasteiger charge is -2.55. The Labute approximate surface area is 205 Å². The van der Waals surface area contributed by atoms with Crippen LogP contribution in [0, 0.1) is 34.5 Å². The Morgan fingerprint density at radius 1 is 1.06 bits per heavy atom. The first-order valence-electron chi connectivity index (χ1n) is 13.7. The number of halogens is 1. The summed E-state index contributed by atoms with van der Waals surface area (Å²) >= 11 is 4.01. The summed E-state index contributed by atoms with van der Waals surface area (Å²) in [5.41, 5.74) is 4.32. The summed E-state index contributed by atoms with van der Waals surface area (Å²) in [4.78, 5) is 0.661. The molecular weight excluding hydrogens is 460 g/mol. The number of fused-ring (bicyclic) bond motifs is 5. The van der Waals surface area contributed by atoms with Gasteiger partial charge in [0, 0.05) is 11.4 Å². The van der Waals surface area contributed by atoms with Crippen molar-refractivity contribution in [2.45, 2.75) is 116 Å². The van der Waals surface area contributed by atoms with Crippen LogP contribution in [0.3, 0.4) is 0 Å². The zero-order chi connectivity index (χ0) is 22.5. The molecule has 5 aliphatic rings. The molecule has 0 bridgehead atoms. The van der Waals surface area contributed by atoms with Gasteiger partial charge in [0.15, 0.2) is 6.29 Å². The van der Waals surface area contributed by atoms with Gasteiger partial charge in [0.05, 0.1) is 6.10 Å². The van der Waals surface area contributed by atoms with Crippen LogP contribution in [-0.2, 0) is 9.47 Å². The fourth-order valence-corrected chi connectivity index (χ4v) is 9.01. The van der Waals surface area contributed by atoms with Gasteiger partial charge in [-0.3, -0.25) is 0 Å². The minimum atomic E-state index is 0.0441. The summed E-state index contributed by atoms with van der Waals surface area (Å²) in [6.45, 7) is 11.0. The third kappa shape index (κ3) is 3.91. The first kappa shape index (κ1) is 23.6. The van der Waals surface area contributed by atoms with Gasteiger partial charge in [-0.2, -0.15) is 0 Å². The largest absolute Gasteiger partial charge is 0.353 e. The summed E-state index contributed by atoms with van der Waals surface area (Å²) in [7, 11) is 0. The van der Waals surface area contributed by atoms with Crippen LogP contribution in [0.2, 0.25) is 0 Å². The molecule has 4 aliphatic carbocycles. The van der Waals surface area contributed by atoms with Crippen LogP contribution >= 0.6 is 15.9 Å². The third-order valence-corrected chi connectivity index (χ3v) is 12.2. The zero-order valence-electron chi connectivity index (χ0n) is 20.9. The van der Waals surface area contributed by atoms with Gasteiger partial charge >= 0.3 is 0 Å². The van der Waals surface area contributed by atoms with E-state index in [0.717, 1.165) is 43.1 Å². The number of rotatable bonds is 5. The maximum Gasteiger partial charge on any atom is 0.157 e. The number of hydrogen-bond acceptors (Lipinski definition) is 2. The van der Waals surface area contributed by atoms with Gasteiger partial charge in [-0.1, -0.05) is 66.9 Å². The number of alkyl halides is 1. The quantitative estimate of drug-likeness (QED) is 0.351. The molecule has 0 spiro atoms. The van der Waals surface area contributed by atoms with Crippen molar-refractivity contribution in [1.82, 2.24) is 0 Å². The Balaban J connectivity index is 1.34. The average Bonchev–Trinajstić information content (AvgIpc) is 3.16. The Hall–Kier alpha value is -0.120. The fourth-order valence-electron chi connectivity index (χ4n) is 8.65. The lowest BCUT2D eigenvalue weighted by molar-refractivity contribution is -0.193. The van der Waals surface area contributed by atoms with Crippen molar-refractivity contribution in [3.63, 3.8) is 0 Å². The molecule has 180 valence electrons. The molecule has 1 heterocycles. The normalized spacial score (nSPS) is 45.7. The second-order valence-corrected chi connectivity index (χ2v) is 13.4. The molecule has 4 fully saturated rings. The average molecular weight is 506 g/mol. The Morgan fingerprint density at radius 2 is 1.91 bits per heavy atom. The Morgan fingerprint density at radius 3 is 2.66 bits per heavy atom. The van der Waals surface area contributed by atoms with E-state index in [-0.39, 0.29) is 6.29 Å². The highest BCUT2D eigenvalue weighted by Crippen LogP contribution is 2.66. The zero-order valence-corrected chi connectivity index (χ0v) is 22.5. The molecule has 0 aromatic carbocycles. The van der Waals surface area contributed by atoms with Gasteiger partial charge in [-0.25, -0.2) is 0 Å². The van der Waals surface area contributed by atoms with E-state index >= 15 is 0 Å². The lowest BCUT2D eigenvalue weighted by Crippen LogP contribution is -2.47. The van der Waals surface area contributed by atoms with Crippen molar-refractivity contribution in [1.29, 1.82) is 0 Å². The van der Waals surface area contributed by atoms with Gasteiger partial charge in [0.1, 0.15) is 0 Å². The molecule has 0 aromatic heterocycles. The Bertz CT molecular complexity index is 752. The predicted molar refractivity (Wildman–Crippen MR) is 136 cm³/mol. The van der Waals surface area contributed by atoms with Crippen LogP contribution in [0.4, 0.5) is 0 Å². The van der Waals surface area contributed by atoms with Crippen molar-refractivity contribution >= 4 is 15.9 Å². The number of ether oxygens (including phenoxy) is 2. The second-order valence-electron chi connectivity index (χ2n) is 12.2. The predicted octanol–water partition coefficient (Wildman–Crippen LogP) is 8.21.